The summed E-state index contributed by atoms with van der Waals surface area (Å²) in [5.74, 6) is 0. The lowest BCUT2D eigenvalue weighted by Gasteiger charge is -2.05. The van der Waals surface area contributed by atoms with Crippen LogP contribution in [-0.4, -0.2) is 4.98 Å². The minimum atomic E-state index is -2.71. The molecule has 14 heavy (non-hydrogen) atoms. The maximum Gasteiger partial charge on any atom is 0.281 e. The number of nitriles is 1. The van der Waals surface area contributed by atoms with Crippen LogP contribution >= 0.6 is 27.5 Å². The van der Waals surface area contributed by atoms with Crippen molar-refractivity contribution < 1.29 is 8.78 Å². The minimum Gasteiger partial charge on any atom is -0.249 e. The standard InChI is InChI=1S/C8H4BrClF2N2/c9-6-5(10)3-4(1-2-13)14-7(6)8(11)12/h3,8H,1H2. The van der Waals surface area contributed by atoms with Crippen molar-refractivity contribution in [3.05, 3.63) is 26.9 Å². The fraction of sp³-hybridized carbons (Fsp3) is 0.250. The highest BCUT2D eigenvalue weighted by atomic mass is 79.9. The summed E-state index contributed by atoms with van der Waals surface area (Å²) in [6.07, 6.45) is -2.74. The van der Waals surface area contributed by atoms with Gasteiger partial charge in [-0.25, -0.2) is 13.8 Å². The molecule has 1 aromatic rings. The molecule has 1 rings (SSSR count). The Balaban J connectivity index is 3.22. The topological polar surface area (TPSA) is 36.7 Å². The minimum absolute atomic E-state index is 0.0350. The lowest BCUT2D eigenvalue weighted by molar-refractivity contribution is 0.145. The Bertz CT molecular complexity index is 390. The molecule has 0 amide bonds. The third-order valence-electron chi connectivity index (χ3n) is 1.46. The number of hydrogen-bond donors (Lipinski definition) is 0. The van der Waals surface area contributed by atoms with E-state index < -0.39 is 12.1 Å². The quantitative estimate of drug-likeness (QED) is 0.832. The van der Waals surface area contributed by atoms with Gasteiger partial charge in [0.1, 0.15) is 5.69 Å². The zero-order valence-corrected chi connectivity index (χ0v) is 9.11. The highest BCUT2D eigenvalue weighted by Crippen LogP contribution is 2.32. The van der Waals surface area contributed by atoms with Gasteiger partial charge in [0.2, 0.25) is 0 Å². The van der Waals surface area contributed by atoms with Gasteiger partial charge >= 0.3 is 0 Å². The van der Waals surface area contributed by atoms with E-state index in [2.05, 4.69) is 20.9 Å². The number of halogens is 4. The second kappa shape index (κ2) is 4.67. The molecule has 0 radical (unpaired) electrons. The summed E-state index contributed by atoms with van der Waals surface area (Å²) in [4.78, 5) is 3.62. The summed E-state index contributed by atoms with van der Waals surface area (Å²) in [6, 6.07) is 3.21. The summed E-state index contributed by atoms with van der Waals surface area (Å²) in [5.41, 5.74) is -0.182. The van der Waals surface area contributed by atoms with Gasteiger partial charge < -0.3 is 0 Å². The van der Waals surface area contributed by atoms with Crippen molar-refractivity contribution in [1.82, 2.24) is 4.98 Å². The number of alkyl halides is 2. The van der Waals surface area contributed by atoms with Crippen molar-refractivity contribution in [2.75, 3.05) is 0 Å². The van der Waals surface area contributed by atoms with Gasteiger partial charge in [-0.1, -0.05) is 11.6 Å². The Morgan fingerprint density at radius 2 is 2.29 bits per heavy atom. The lowest BCUT2D eigenvalue weighted by atomic mass is 10.2. The zero-order chi connectivity index (χ0) is 10.7. The molecule has 0 unspecified atom stereocenters. The van der Waals surface area contributed by atoms with E-state index >= 15 is 0 Å². The average molecular weight is 281 g/mol. The summed E-state index contributed by atoms with van der Waals surface area (Å²) in [7, 11) is 0. The molecule has 0 spiro atoms. The molecule has 1 aromatic heterocycles. The first-order chi connectivity index (χ1) is 6.56. The zero-order valence-electron chi connectivity index (χ0n) is 6.77. The molecule has 0 bridgehead atoms. The first-order valence-corrected chi connectivity index (χ1v) is 4.73. The van der Waals surface area contributed by atoms with E-state index in [1.807, 2.05) is 6.07 Å². The Hall–Kier alpha value is -0.730. The first-order valence-electron chi connectivity index (χ1n) is 3.56. The predicted octanol–water partition coefficient (Wildman–Crippen LogP) is 3.50. The van der Waals surface area contributed by atoms with Gasteiger partial charge in [-0.15, -0.1) is 0 Å². The van der Waals surface area contributed by atoms with E-state index in [0.29, 0.717) is 0 Å². The largest absolute Gasteiger partial charge is 0.281 e. The van der Waals surface area contributed by atoms with Crippen LogP contribution in [0.3, 0.4) is 0 Å². The fourth-order valence-electron chi connectivity index (χ4n) is 0.884. The van der Waals surface area contributed by atoms with Gasteiger partial charge in [0.25, 0.3) is 6.43 Å². The van der Waals surface area contributed by atoms with E-state index in [-0.39, 0.29) is 21.6 Å². The lowest BCUT2D eigenvalue weighted by Crippen LogP contribution is -1.97. The van der Waals surface area contributed by atoms with Gasteiger partial charge in [-0.3, -0.25) is 0 Å². The molecule has 6 heteroatoms. The van der Waals surface area contributed by atoms with Crippen molar-refractivity contribution >= 4 is 27.5 Å². The summed E-state index contributed by atoms with van der Waals surface area (Å²) in [5, 5.41) is 8.52. The third kappa shape index (κ3) is 2.40. The Labute approximate surface area is 92.6 Å². The van der Waals surface area contributed by atoms with E-state index in [1.54, 1.807) is 0 Å². The maximum atomic E-state index is 12.4. The second-order valence-corrected chi connectivity index (χ2v) is 3.63. The first kappa shape index (κ1) is 11.3. The van der Waals surface area contributed by atoms with E-state index in [0.717, 1.165) is 0 Å². The average Bonchev–Trinajstić information content (AvgIpc) is 2.11. The number of aromatic nitrogens is 1. The fourth-order valence-corrected chi connectivity index (χ4v) is 1.48. The van der Waals surface area contributed by atoms with E-state index in [4.69, 9.17) is 16.9 Å². The highest BCUT2D eigenvalue weighted by Gasteiger charge is 2.17. The molecule has 0 N–H and O–H groups in total. The van der Waals surface area contributed by atoms with Crippen molar-refractivity contribution in [3.63, 3.8) is 0 Å². The molecule has 0 saturated heterocycles. The molecule has 0 aromatic carbocycles. The summed E-state index contributed by atoms with van der Waals surface area (Å²) in [6.45, 7) is 0. The molecule has 0 aliphatic heterocycles. The molecule has 2 nitrogen and oxygen atoms in total. The van der Waals surface area contributed by atoms with Gasteiger partial charge in [0, 0.05) is 0 Å². The van der Waals surface area contributed by atoms with Crippen molar-refractivity contribution in [1.29, 1.82) is 5.26 Å². The Morgan fingerprint density at radius 3 is 2.79 bits per heavy atom. The molecule has 0 aliphatic carbocycles. The Morgan fingerprint density at radius 1 is 1.64 bits per heavy atom. The number of nitrogens with zero attached hydrogens (tertiary/aromatic N) is 2. The maximum absolute atomic E-state index is 12.4. The number of rotatable bonds is 2. The van der Waals surface area contributed by atoms with Gasteiger partial charge in [0.15, 0.2) is 0 Å². The van der Waals surface area contributed by atoms with Crippen LogP contribution in [0.4, 0.5) is 8.78 Å². The van der Waals surface area contributed by atoms with Crippen molar-refractivity contribution in [3.8, 4) is 6.07 Å². The predicted molar refractivity (Wildman–Crippen MR) is 51.2 cm³/mol. The smallest absolute Gasteiger partial charge is 0.249 e. The molecular formula is C8H4BrClF2N2. The Kier molecular flexibility index (Phi) is 3.78. The van der Waals surface area contributed by atoms with Crippen LogP contribution in [0.25, 0.3) is 0 Å². The molecule has 0 fully saturated rings. The van der Waals surface area contributed by atoms with Crippen molar-refractivity contribution in [2.45, 2.75) is 12.8 Å². The number of hydrogen-bond acceptors (Lipinski definition) is 2. The van der Waals surface area contributed by atoms with Crippen molar-refractivity contribution in [2.24, 2.45) is 0 Å². The van der Waals surface area contributed by atoms with E-state index in [9.17, 15) is 8.78 Å². The van der Waals surface area contributed by atoms with E-state index in [1.165, 1.54) is 6.07 Å². The molecule has 0 atom stereocenters. The van der Waals surface area contributed by atoms with Gasteiger partial charge in [0.05, 0.1) is 27.7 Å². The van der Waals surface area contributed by atoms with Crippen LogP contribution in [0.5, 0.6) is 0 Å². The molecule has 0 saturated carbocycles. The van der Waals surface area contributed by atoms with Gasteiger partial charge in [-0.05, 0) is 22.0 Å². The van der Waals surface area contributed by atoms with Crippen LogP contribution in [0.2, 0.25) is 5.02 Å². The summed E-state index contributed by atoms with van der Waals surface area (Å²) >= 11 is 8.58. The third-order valence-corrected chi connectivity index (χ3v) is 2.82. The van der Waals surface area contributed by atoms with Crippen LogP contribution in [0, 0.1) is 11.3 Å². The SMILES string of the molecule is N#CCc1cc(Cl)c(Br)c(C(F)F)n1. The second-order valence-electron chi connectivity index (χ2n) is 2.43. The molecule has 74 valence electrons. The number of pyridine rings is 1. The van der Waals surface area contributed by atoms with Gasteiger partial charge in [-0.2, -0.15) is 5.26 Å². The van der Waals surface area contributed by atoms with Crippen LogP contribution in [0.15, 0.2) is 10.5 Å². The van der Waals surface area contributed by atoms with Crippen LogP contribution in [-0.2, 0) is 6.42 Å². The normalized spacial score (nSPS) is 10.3. The summed E-state index contributed by atoms with van der Waals surface area (Å²) < 4.78 is 24.9. The monoisotopic (exact) mass is 280 g/mol. The highest BCUT2D eigenvalue weighted by molar-refractivity contribution is 9.10. The molecule has 1 heterocycles. The van der Waals surface area contributed by atoms with Crippen LogP contribution in [0.1, 0.15) is 17.8 Å². The van der Waals surface area contributed by atoms with Crippen LogP contribution < -0.4 is 0 Å². The molecular weight excluding hydrogens is 277 g/mol. The molecule has 0 aliphatic rings.